The molecule has 98 valence electrons. The number of rotatable bonds is 5. The maximum Gasteiger partial charge on any atom is 0.340 e. The van der Waals surface area contributed by atoms with Crippen LogP contribution in [-0.2, 0) is 4.74 Å². The van der Waals surface area contributed by atoms with Crippen molar-refractivity contribution in [3.8, 4) is 0 Å². The molecule has 1 heterocycles. The number of ether oxygens (including phenoxy) is 1. The Balaban J connectivity index is 2.11. The van der Waals surface area contributed by atoms with Crippen LogP contribution in [0.5, 0.6) is 0 Å². The van der Waals surface area contributed by atoms with Crippen LogP contribution < -0.4 is 0 Å². The first-order valence-electron chi connectivity index (χ1n) is 6.34. The molecule has 2 rings (SSSR count). The zero-order chi connectivity index (χ0) is 13.5. The quantitative estimate of drug-likeness (QED) is 0.771. The summed E-state index contributed by atoms with van der Waals surface area (Å²) in [6.45, 7) is 2.07. The number of carbonyl (C=O) groups is 1. The Bertz CT molecular complexity index is 514. The molecule has 0 fully saturated rings. The van der Waals surface area contributed by atoms with Gasteiger partial charge in [0, 0.05) is 0 Å². The van der Waals surface area contributed by atoms with E-state index in [9.17, 15) is 4.79 Å². The Labute approximate surface area is 112 Å². The third-order valence-electron chi connectivity index (χ3n) is 2.79. The number of hydrogen-bond donors (Lipinski definition) is 0. The van der Waals surface area contributed by atoms with Gasteiger partial charge in [-0.2, -0.15) is 10.2 Å². The highest BCUT2D eigenvalue weighted by Gasteiger charge is 2.17. The second-order valence-electron chi connectivity index (χ2n) is 4.22. The molecule has 0 radical (unpaired) electrons. The molecule has 0 spiro atoms. The van der Waals surface area contributed by atoms with E-state index in [1.807, 2.05) is 30.3 Å². The Morgan fingerprint density at radius 2 is 2.00 bits per heavy atom. The van der Waals surface area contributed by atoms with Crippen LogP contribution in [-0.4, -0.2) is 16.2 Å². The van der Waals surface area contributed by atoms with Crippen LogP contribution in [0.25, 0.3) is 0 Å². The standard InChI is InChI=1S/C15H16N2O2/c1-2-6-14(12-7-4-3-5-8-12)19-15(18)13-9-10-16-17-11-13/h3-5,7-11,14H,2,6H2,1H3. The molecular weight excluding hydrogens is 240 g/mol. The predicted octanol–water partition coefficient (Wildman–Crippen LogP) is 3.17. The molecule has 4 heteroatoms. The number of nitrogens with zero attached hydrogens (tertiary/aromatic N) is 2. The van der Waals surface area contributed by atoms with E-state index in [0.29, 0.717) is 5.56 Å². The smallest absolute Gasteiger partial charge is 0.340 e. The van der Waals surface area contributed by atoms with Crippen molar-refractivity contribution in [3.05, 3.63) is 59.9 Å². The number of aromatic nitrogens is 2. The molecule has 0 bridgehead atoms. The predicted molar refractivity (Wildman–Crippen MR) is 71.5 cm³/mol. The highest BCUT2D eigenvalue weighted by atomic mass is 16.5. The van der Waals surface area contributed by atoms with Gasteiger partial charge in [0.15, 0.2) is 0 Å². The molecule has 0 aliphatic carbocycles. The van der Waals surface area contributed by atoms with Crippen LogP contribution in [0.15, 0.2) is 48.8 Å². The maximum absolute atomic E-state index is 12.0. The highest BCUT2D eigenvalue weighted by Crippen LogP contribution is 2.23. The molecule has 0 aliphatic rings. The van der Waals surface area contributed by atoms with Crippen LogP contribution in [0.4, 0.5) is 0 Å². The zero-order valence-electron chi connectivity index (χ0n) is 10.8. The van der Waals surface area contributed by atoms with Crippen molar-refractivity contribution in [2.45, 2.75) is 25.9 Å². The fourth-order valence-corrected chi connectivity index (χ4v) is 1.83. The zero-order valence-corrected chi connectivity index (χ0v) is 10.8. The molecule has 1 aromatic carbocycles. The van der Waals surface area contributed by atoms with E-state index in [1.165, 1.54) is 12.4 Å². The fraction of sp³-hybridized carbons (Fsp3) is 0.267. The van der Waals surface area contributed by atoms with E-state index >= 15 is 0 Å². The lowest BCUT2D eigenvalue weighted by Gasteiger charge is -2.17. The van der Waals surface area contributed by atoms with Gasteiger partial charge < -0.3 is 4.74 Å². The van der Waals surface area contributed by atoms with Gasteiger partial charge in [0.1, 0.15) is 6.10 Å². The summed E-state index contributed by atoms with van der Waals surface area (Å²) in [7, 11) is 0. The maximum atomic E-state index is 12.0. The summed E-state index contributed by atoms with van der Waals surface area (Å²) in [5.41, 5.74) is 1.44. The summed E-state index contributed by atoms with van der Waals surface area (Å²) in [4.78, 5) is 12.0. The van der Waals surface area contributed by atoms with Crippen molar-refractivity contribution in [2.24, 2.45) is 0 Å². The van der Waals surface area contributed by atoms with E-state index in [1.54, 1.807) is 6.07 Å². The van der Waals surface area contributed by atoms with E-state index in [4.69, 9.17) is 4.74 Å². The molecule has 2 aromatic rings. The summed E-state index contributed by atoms with van der Waals surface area (Å²) in [5, 5.41) is 7.32. The first kappa shape index (κ1) is 13.2. The number of benzene rings is 1. The van der Waals surface area contributed by atoms with Crippen LogP contribution in [0, 0.1) is 0 Å². The van der Waals surface area contributed by atoms with Crippen molar-refractivity contribution in [1.29, 1.82) is 0 Å². The van der Waals surface area contributed by atoms with Crippen LogP contribution >= 0.6 is 0 Å². The minimum Gasteiger partial charge on any atom is -0.454 e. The van der Waals surface area contributed by atoms with Gasteiger partial charge in [-0.25, -0.2) is 4.79 Å². The number of hydrogen-bond acceptors (Lipinski definition) is 4. The minimum atomic E-state index is -0.364. The van der Waals surface area contributed by atoms with E-state index in [-0.39, 0.29) is 12.1 Å². The molecule has 0 saturated heterocycles. The van der Waals surface area contributed by atoms with Gasteiger partial charge in [0.2, 0.25) is 0 Å². The molecule has 1 atom stereocenters. The van der Waals surface area contributed by atoms with Gasteiger partial charge in [-0.3, -0.25) is 0 Å². The van der Waals surface area contributed by atoms with Gasteiger partial charge >= 0.3 is 5.97 Å². The molecule has 19 heavy (non-hydrogen) atoms. The van der Waals surface area contributed by atoms with Crippen molar-refractivity contribution >= 4 is 5.97 Å². The van der Waals surface area contributed by atoms with Crippen LogP contribution in [0.2, 0.25) is 0 Å². The normalized spacial score (nSPS) is 11.8. The molecule has 4 nitrogen and oxygen atoms in total. The summed E-state index contributed by atoms with van der Waals surface area (Å²) >= 11 is 0. The van der Waals surface area contributed by atoms with Gasteiger partial charge in [-0.05, 0) is 18.1 Å². The summed E-state index contributed by atoms with van der Waals surface area (Å²) < 4.78 is 5.56. The molecule has 1 aromatic heterocycles. The van der Waals surface area contributed by atoms with Gasteiger partial charge in [0.25, 0.3) is 0 Å². The lowest BCUT2D eigenvalue weighted by atomic mass is 10.1. The van der Waals surface area contributed by atoms with Crippen LogP contribution in [0.3, 0.4) is 0 Å². The molecule has 1 unspecified atom stereocenters. The first-order valence-corrected chi connectivity index (χ1v) is 6.34. The fourth-order valence-electron chi connectivity index (χ4n) is 1.83. The number of esters is 1. The van der Waals surface area contributed by atoms with E-state index in [0.717, 1.165) is 18.4 Å². The van der Waals surface area contributed by atoms with Crippen molar-refractivity contribution in [1.82, 2.24) is 10.2 Å². The minimum absolute atomic E-state index is 0.216. The number of carbonyl (C=O) groups excluding carboxylic acids is 1. The molecule has 0 saturated carbocycles. The average Bonchev–Trinajstić information content (AvgIpc) is 2.48. The molecule has 0 amide bonds. The van der Waals surface area contributed by atoms with Gasteiger partial charge in [-0.15, -0.1) is 0 Å². The topological polar surface area (TPSA) is 52.1 Å². The van der Waals surface area contributed by atoms with Gasteiger partial charge in [0.05, 0.1) is 18.0 Å². The highest BCUT2D eigenvalue weighted by molar-refractivity contribution is 5.89. The lowest BCUT2D eigenvalue weighted by Crippen LogP contribution is -2.12. The van der Waals surface area contributed by atoms with Crippen LogP contribution in [0.1, 0.15) is 41.8 Å². The monoisotopic (exact) mass is 256 g/mol. The lowest BCUT2D eigenvalue weighted by molar-refractivity contribution is 0.0274. The van der Waals surface area contributed by atoms with Crippen molar-refractivity contribution in [2.75, 3.05) is 0 Å². The average molecular weight is 256 g/mol. The summed E-state index contributed by atoms with van der Waals surface area (Å²) in [5.74, 6) is -0.364. The Morgan fingerprint density at radius 3 is 2.63 bits per heavy atom. The first-order chi connectivity index (χ1) is 9.31. The molecule has 0 N–H and O–H groups in total. The summed E-state index contributed by atoms with van der Waals surface area (Å²) in [6, 6.07) is 11.4. The Hall–Kier alpha value is -2.23. The molecular formula is C15H16N2O2. The largest absolute Gasteiger partial charge is 0.454 e. The van der Waals surface area contributed by atoms with E-state index < -0.39 is 0 Å². The van der Waals surface area contributed by atoms with Gasteiger partial charge in [-0.1, -0.05) is 43.7 Å². The van der Waals surface area contributed by atoms with E-state index in [2.05, 4.69) is 17.1 Å². The third-order valence-corrected chi connectivity index (χ3v) is 2.79. The SMILES string of the molecule is CCCC(OC(=O)c1ccnnc1)c1ccccc1. The molecule has 0 aliphatic heterocycles. The Kier molecular flexibility index (Phi) is 4.61. The second-order valence-corrected chi connectivity index (χ2v) is 4.22. The Morgan fingerprint density at radius 1 is 1.21 bits per heavy atom. The third kappa shape index (κ3) is 3.61. The summed E-state index contributed by atoms with van der Waals surface area (Å²) in [6.07, 6.45) is 4.42. The van der Waals surface area contributed by atoms with Crippen molar-refractivity contribution in [3.63, 3.8) is 0 Å². The second kappa shape index (κ2) is 6.64. The van der Waals surface area contributed by atoms with Crippen molar-refractivity contribution < 1.29 is 9.53 Å².